The van der Waals surface area contributed by atoms with Crippen LogP contribution in [-0.4, -0.2) is 0 Å². The standard InChI is InChI=1S/C23H18NO2.ClHO4/c1-2-6-19-18(5-1)21-13-23(16-8-11-25-14-16,17-9-12-26-15-17)22(19)20-7-3-4-10-24(20)21;2-1(3,4)5/h1-12,14-15,21-22H,13H2;(H,2,3,4,5)/q+1;/p-1. The molecule has 0 saturated carbocycles. The molecule has 31 heavy (non-hydrogen) atoms. The molecule has 8 heteroatoms. The Kier molecular flexibility index (Phi) is 4.73. The molecule has 2 unspecified atom stereocenters. The second-order valence-electron chi connectivity index (χ2n) is 7.69. The highest BCUT2D eigenvalue weighted by Crippen LogP contribution is 2.59. The minimum Gasteiger partial charge on any atom is -0.472 e. The predicted molar refractivity (Wildman–Crippen MR) is 95.9 cm³/mol. The quantitative estimate of drug-likeness (QED) is 0.399. The van der Waals surface area contributed by atoms with Gasteiger partial charge in [0.25, 0.3) is 0 Å². The van der Waals surface area contributed by atoms with Crippen molar-refractivity contribution >= 4 is 0 Å². The van der Waals surface area contributed by atoms with Crippen molar-refractivity contribution in [3.63, 3.8) is 0 Å². The molecule has 2 aliphatic heterocycles. The smallest absolute Gasteiger partial charge is 0.190 e. The number of halogens is 1. The summed E-state index contributed by atoms with van der Waals surface area (Å²) in [6, 6.07) is 20.0. The van der Waals surface area contributed by atoms with E-state index in [9.17, 15) is 0 Å². The lowest BCUT2D eigenvalue weighted by atomic mass is 9.54. The summed E-state index contributed by atoms with van der Waals surface area (Å²) in [5, 5.41) is 0. The lowest BCUT2D eigenvalue weighted by molar-refractivity contribution is -2.00. The van der Waals surface area contributed by atoms with Crippen LogP contribution in [0.1, 0.15) is 46.3 Å². The van der Waals surface area contributed by atoms with Crippen LogP contribution >= 0.6 is 0 Å². The first-order chi connectivity index (χ1) is 14.9. The molecule has 5 heterocycles. The maximum atomic E-state index is 8.49. The lowest BCUT2D eigenvalue weighted by Crippen LogP contribution is -2.68. The van der Waals surface area contributed by atoms with Crippen LogP contribution in [0.25, 0.3) is 0 Å². The molecular formula is C23H18ClNO6. The highest BCUT2D eigenvalue weighted by molar-refractivity contribution is 5.53. The molecule has 3 aromatic heterocycles. The average Bonchev–Trinajstić information content (AvgIpc) is 3.47. The van der Waals surface area contributed by atoms with Gasteiger partial charge in [0.05, 0.1) is 36.4 Å². The van der Waals surface area contributed by atoms with Gasteiger partial charge in [-0.25, -0.2) is 18.6 Å². The summed E-state index contributed by atoms with van der Waals surface area (Å²) in [6.07, 6.45) is 10.6. The fourth-order valence-corrected chi connectivity index (χ4v) is 5.31. The van der Waals surface area contributed by atoms with Gasteiger partial charge < -0.3 is 8.83 Å². The molecule has 7 nitrogen and oxygen atoms in total. The van der Waals surface area contributed by atoms with Crippen molar-refractivity contribution < 1.29 is 42.3 Å². The van der Waals surface area contributed by atoms with Crippen LogP contribution in [0.2, 0.25) is 0 Å². The Morgan fingerprint density at radius 3 is 1.97 bits per heavy atom. The SMILES string of the molecule is [O-][Cl+3]([O-])([O-])[O-].c1ccc2c(c1)C1CC(c3ccoc3)(c3ccoc3)C2c2cccc[n+]21. The molecule has 0 saturated heterocycles. The van der Waals surface area contributed by atoms with Gasteiger partial charge in [0, 0.05) is 35.2 Å². The van der Waals surface area contributed by atoms with Gasteiger partial charge in [0.2, 0.25) is 0 Å². The van der Waals surface area contributed by atoms with Crippen LogP contribution < -0.4 is 23.2 Å². The van der Waals surface area contributed by atoms with Crippen LogP contribution in [0.15, 0.2) is 94.7 Å². The Balaban J connectivity index is 0.000000371. The molecule has 4 aromatic rings. The average molecular weight is 440 g/mol. The Morgan fingerprint density at radius 2 is 1.39 bits per heavy atom. The molecule has 3 aliphatic rings. The number of fused-ring (bicyclic) bond motifs is 1. The highest BCUT2D eigenvalue weighted by atomic mass is 35.7. The van der Waals surface area contributed by atoms with Crippen molar-refractivity contribution in [3.05, 3.63) is 114 Å². The van der Waals surface area contributed by atoms with E-state index in [2.05, 4.69) is 65.4 Å². The van der Waals surface area contributed by atoms with Gasteiger partial charge in [-0.15, -0.1) is 10.2 Å². The van der Waals surface area contributed by atoms with Crippen molar-refractivity contribution in [2.75, 3.05) is 0 Å². The van der Waals surface area contributed by atoms with Crippen molar-refractivity contribution in [2.24, 2.45) is 0 Å². The first kappa shape index (κ1) is 20.0. The number of benzene rings is 1. The van der Waals surface area contributed by atoms with Gasteiger partial charge in [-0.05, 0) is 17.7 Å². The Labute approximate surface area is 180 Å². The molecule has 0 spiro atoms. The van der Waals surface area contributed by atoms with Crippen LogP contribution in [0.4, 0.5) is 0 Å². The van der Waals surface area contributed by atoms with Gasteiger partial charge >= 0.3 is 0 Å². The van der Waals surface area contributed by atoms with E-state index >= 15 is 0 Å². The fourth-order valence-electron chi connectivity index (χ4n) is 5.31. The second kappa shape index (κ2) is 7.33. The number of hydrogen-bond donors (Lipinski definition) is 0. The molecule has 0 N–H and O–H groups in total. The van der Waals surface area contributed by atoms with Crippen LogP contribution in [0.5, 0.6) is 0 Å². The largest absolute Gasteiger partial charge is 0.472 e. The maximum Gasteiger partial charge on any atom is 0.190 e. The molecule has 2 bridgehead atoms. The van der Waals surface area contributed by atoms with E-state index < -0.39 is 10.2 Å². The van der Waals surface area contributed by atoms with E-state index in [1.54, 1.807) is 12.5 Å². The molecule has 0 amide bonds. The maximum absolute atomic E-state index is 8.49. The van der Waals surface area contributed by atoms with E-state index in [4.69, 9.17) is 27.5 Å². The van der Waals surface area contributed by atoms with E-state index in [0.29, 0.717) is 6.04 Å². The third-order valence-electron chi connectivity index (χ3n) is 6.30. The van der Waals surface area contributed by atoms with Gasteiger partial charge in [0.1, 0.15) is 0 Å². The molecule has 7 rings (SSSR count). The Bertz CT molecular complexity index is 1100. The fraction of sp³-hybridized carbons (Fsp3) is 0.174. The summed E-state index contributed by atoms with van der Waals surface area (Å²) in [6.45, 7) is 0. The van der Waals surface area contributed by atoms with Crippen molar-refractivity contribution in [2.45, 2.75) is 23.8 Å². The van der Waals surface area contributed by atoms with E-state index in [-0.39, 0.29) is 11.3 Å². The first-order valence-corrected chi connectivity index (χ1v) is 10.9. The summed E-state index contributed by atoms with van der Waals surface area (Å²) in [5.41, 5.74) is 6.46. The Morgan fingerprint density at radius 1 is 0.806 bits per heavy atom. The first-order valence-electron chi connectivity index (χ1n) is 9.65. The van der Waals surface area contributed by atoms with Gasteiger partial charge in [-0.2, -0.15) is 4.57 Å². The lowest BCUT2D eigenvalue weighted by Gasteiger charge is -2.48. The molecular weight excluding hydrogens is 422 g/mol. The molecule has 2 atom stereocenters. The normalized spacial score (nSPS) is 20.4. The summed E-state index contributed by atoms with van der Waals surface area (Å²) < 4.78 is 47.5. The zero-order valence-electron chi connectivity index (χ0n) is 16.2. The summed E-state index contributed by atoms with van der Waals surface area (Å²) in [7, 11) is -4.94. The Hall–Kier alpha value is -2.94. The van der Waals surface area contributed by atoms with E-state index in [0.717, 1.165) is 6.42 Å². The van der Waals surface area contributed by atoms with Crippen molar-refractivity contribution in [3.8, 4) is 0 Å². The third kappa shape index (κ3) is 3.27. The van der Waals surface area contributed by atoms with Gasteiger partial charge in [-0.3, -0.25) is 0 Å². The number of rotatable bonds is 2. The zero-order valence-corrected chi connectivity index (χ0v) is 17.0. The number of hydrogen-bond acceptors (Lipinski definition) is 6. The summed E-state index contributed by atoms with van der Waals surface area (Å²) in [5.74, 6) is 0.222. The number of furan rings is 2. The van der Waals surface area contributed by atoms with E-state index in [1.807, 2.05) is 12.5 Å². The third-order valence-corrected chi connectivity index (χ3v) is 6.30. The second-order valence-corrected chi connectivity index (χ2v) is 8.44. The van der Waals surface area contributed by atoms with Crippen LogP contribution in [-0.2, 0) is 5.41 Å². The number of aromatic nitrogens is 1. The van der Waals surface area contributed by atoms with Gasteiger partial charge in [-0.1, -0.05) is 30.3 Å². The molecule has 0 radical (unpaired) electrons. The molecule has 0 fully saturated rings. The predicted octanol–water partition coefficient (Wildman–Crippen LogP) is -0.171. The molecule has 1 aromatic carbocycles. The monoisotopic (exact) mass is 439 g/mol. The minimum atomic E-state index is -4.94. The molecule has 158 valence electrons. The van der Waals surface area contributed by atoms with Crippen molar-refractivity contribution in [1.82, 2.24) is 0 Å². The van der Waals surface area contributed by atoms with Crippen molar-refractivity contribution in [1.29, 1.82) is 0 Å². The highest BCUT2D eigenvalue weighted by Gasteiger charge is 2.59. The zero-order chi connectivity index (χ0) is 21.6. The van der Waals surface area contributed by atoms with Crippen LogP contribution in [0.3, 0.4) is 0 Å². The molecule has 1 aliphatic carbocycles. The van der Waals surface area contributed by atoms with Crippen LogP contribution in [0, 0.1) is 10.2 Å². The number of pyridine rings is 1. The topological polar surface area (TPSA) is 122 Å². The summed E-state index contributed by atoms with van der Waals surface area (Å²) >= 11 is 0. The van der Waals surface area contributed by atoms with Gasteiger partial charge in [0.15, 0.2) is 17.9 Å². The number of nitrogens with zero attached hydrogens (tertiary/aromatic N) is 1. The van der Waals surface area contributed by atoms with E-state index in [1.165, 1.54) is 27.9 Å². The minimum absolute atomic E-state index is 0.180. The summed E-state index contributed by atoms with van der Waals surface area (Å²) in [4.78, 5) is 0.